The standard InChI is InChI=1S/C16H18N6S/c1-3-22-14-10-18-6-4-13(14)20-15(22)11-21(8-5-17)12(2)16-19-7-9-23-16/h4-10H,2-3,11,17H2,1H3/b8-5-. The summed E-state index contributed by atoms with van der Waals surface area (Å²) in [7, 11) is 0. The molecule has 0 saturated carbocycles. The zero-order valence-electron chi connectivity index (χ0n) is 12.9. The molecule has 23 heavy (non-hydrogen) atoms. The van der Waals surface area contributed by atoms with Crippen LogP contribution in [0.4, 0.5) is 0 Å². The van der Waals surface area contributed by atoms with E-state index in [0.29, 0.717) is 6.54 Å². The van der Waals surface area contributed by atoms with E-state index >= 15 is 0 Å². The molecule has 3 rings (SSSR count). The number of pyridine rings is 1. The van der Waals surface area contributed by atoms with Gasteiger partial charge in [-0.25, -0.2) is 9.97 Å². The predicted octanol–water partition coefficient (Wildman–Crippen LogP) is 2.81. The number of imidazole rings is 1. The van der Waals surface area contributed by atoms with Crippen molar-refractivity contribution in [1.82, 2.24) is 24.4 Å². The highest BCUT2D eigenvalue weighted by Crippen LogP contribution is 2.23. The van der Waals surface area contributed by atoms with E-state index < -0.39 is 0 Å². The fourth-order valence-electron chi connectivity index (χ4n) is 2.48. The Morgan fingerprint density at radius 3 is 3.04 bits per heavy atom. The molecule has 6 nitrogen and oxygen atoms in total. The van der Waals surface area contributed by atoms with Crippen LogP contribution in [0.1, 0.15) is 17.8 Å². The van der Waals surface area contributed by atoms with Gasteiger partial charge in [-0.3, -0.25) is 4.98 Å². The first-order valence-electron chi connectivity index (χ1n) is 7.27. The summed E-state index contributed by atoms with van der Waals surface area (Å²) in [5.74, 6) is 0.936. The molecule has 0 bridgehead atoms. The summed E-state index contributed by atoms with van der Waals surface area (Å²) < 4.78 is 2.15. The van der Waals surface area contributed by atoms with Crippen molar-refractivity contribution in [2.24, 2.45) is 5.73 Å². The van der Waals surface area contributed by atoms with Crippen LogP contribution in [0.3, 0.4) is 0 Å². The first kappa shape index (κ1) is 15.2. The van der Waals surface area contributed by atoms with Gasteiger partial charge in [0.2, 0.25) is 0 Å². The predicted molar refractivity (Wildman–Crippen MR) is 93.2 cm³/mol. The lowest BCUT2D eigenvalue weighted by molar-refractivity contribution is 0.490. The van der Waals surface area contributed by atoms with Gasteiger partial charge in [-0.15, -0.1) is 11.3 Å². The first-order valence-corrected chi connectivity index (χ1v) is 8.15. The van der Waals surface area contributed by atoms with Crippen molar-refractivity contribution in [2.75, 3.05) is 0 Å². The van der Waals surface area contributed by atoms with Crippen LogP contribution >= 0.6 is 11.3 Å². The van der Waals surface area contributed by atoms with E-state index in [1.54, 1.807) is 29.9 Å². The molecule has 3 aromatic heterocycles. The minimum Gasteiger partial charge on any atom is -0.403 e. The van der Waals surface area contributed by atoms with Crippen LogP contribution in [0, 0.1) is 0 Å². The number of hydrogen-bond donors (Lipinski definition) is 1. The topological polar surface area (TPSA) is 72.9 Å². The maximum absolute atomic E-state index is 5.60. The highest BCUT2D eigenvalue weighted by Gasteiger charge is 2.15. The average Bonchev–Trinajstić information content (AvgIpc) is 3.21. The van der Waals surface area contributed by atoms with Gasteiger partial charge < -0.3 is 15.2 Å². The van der Waals surface area contributed by atoms with Gasteiger partial charge in [-0.05, 0) is 13.0 Å². The smallest absolute Gasteiger partial charge is 0.139 e. The molecule has 0 saturated heterocycles. The van der Waals surface area contributed by atoms with E-state index in [9.17, 15) is 0 Å². The Labute approximate surface area is 138 Å². The molecule has 0 radical (unpaired) electrons. The maximum atomic E-state index is 5.60. The molecular weight excluding hydrogens is 308 g/mol. The van der Waals surface area contributed by atoms with Crippen LogP contribution in [0.25, 0.3) is 16.7 Å². The third kappa shape index (κ3) is 2.95. The zero-order chi connectivity index (χ0) is 16.2. The molecule has 0 aliphatic rings. The highest BCUT2D eigenvalue weighted by molar-refractivity contribution is 7.10. The van der Waals surface area contributed by atoms with E-state index in [4.69, 9.17) is 10.7 Å². The van der Waals surface area contributed by atoms with Gasteiger partial charge in [0.15, 0.2) is 0 Å². The quantitative estimate of drug-likeness (QED) is 0.754. The normalized spacial score (nSPS) is 11.3. The third-order valence-corrected chi connectivity index (χ3v) is 4.37. The van der Waals surface area contributed by atoms with Crippen molar-refractivity contribution in [3.8, 4) is 0 Å². The number of nitrogens with two attached hydrogens (primary N) is 1. The lowest BCUT2D eigenvalue weighted by Gasteiger charge is -2.21. The number of aryl methyl sites for hydroxylation is 1. The Balaban J connectivity index is 1.96. The second kappa shape index (κ2) is 6.62. The lowest BCUT2D eigenvalue weighted by atomic mass is 10.4. The van der Waals surface area contributed by atoms with Crippen LogP contribution in [0.2, 0.25) is 0 Å². The van der Waals surface area contributed by atoms with Crippen LogP contribution in [-0.2, 0) is 13.1 Å². The number of rotatable bonds is 6. The molecule has 0 aliphatic carbocycles. The minimum absolute atomic E-state index is 0.564. The van der Waals surface area contributed by atoms with Gasteiger partial charge in [-0.1, -0.05) is 6.58 Å². The molecule has 0 atom stereocenters. The van der Waals surface area contributed by atoms with Crippen molar-refractivity contribution >= 4 is 28.1 Å². The molecule has 3 aromatic rings. The molecule has 0 aliphatic heterocycles. The van der Waals surface area contributed by atoms with Crippen LogP contribution in [0.15, 0.2) is 49.0 Å². The Kier molecular flexibility index (Phi) is 4.38. The van der Waals surface area contributed by atoms with E-state index in [1.165, 1.54) is 6.20 Å². The number of hydrogen-bond acceptors (Lipinski definition) is 6. The molecule has 118 valence electrons. The number of nitrogens with zero attached hydrogens (tertiary/aromatic N) is 5. The summed E-state index contributed by atoms with van der Waals surface area (Å²) in [5.41, 5.74) is 8.37. The second-order valence-electron chi connectivity index (χ2n) is 4.89. The molecule has 0 aromatic carbocycles. The molecule has 2 N–H and O–H groups in total. The Morgan fingerprint density at radius 2 is 2.35 bits per heavy atom. The van der Waals surface area contributed by atoms with Crippen molar-refractivity contribution in [3.63, 3.8) is 0 Å². The summed E-state index contributed by atoms with van der Waals surface area (Å²) >= 11 is 1.55. The maximum Gasteiger partial charge on any atom is 0.139 e. The Bertz CT molecular complexity index is 834. The van der Waals surface area contributed by atoms with Crippen LogP contribution < -0.4 is 5.73 Å². The SMILES string of the molecule is C=C(c1nccs1)N(/C=C\N)Cc1nc2ccncc2n1CC. The molecule has 0 spiro atoms. The van der Waals surface area contributed by atoms with E-state index in [-0.39, 0.29) is 0 Å². The van der Waals surface area contributed by atoms with Crippen molar-refractivity contribution < 1.29 is 0 Å². The van der Waals surface area contributed by atoms with Crippen molar-refractivity contribution in [1.29, 1.82) is 0 Å². The van der Waals surface area contributed by atoms with E-state index in [1.807, 2.05) is 22.5 Å². The molecule has 0 unspecified atom stereocenters. The second-order valence-corrected chi connectivity index (χ2v) is 5.78. The number of aromatic nitrogens is 4. The third-order valence-electron chi connectivity index (χ3n) is 3.55. The highest BCUT2D eigenvalue weighted by atomic mass is 32.1. The molecule has 0 amide bonds. The van der Waals surface area contributed by atoms with Crippen LogP contribution in [-0.4, -0.2) is 24.4 Å². The van der Waals surface area contributed by atoms with Gasteiger partial charge in [0.1, 0.15) is 10.8 Å². The molecular formula is C16H18N6S. The fourth-order valence-corrected chi connectivity index (χ4v) is 3.10. The first-order chi connectivity index (χ1) is 11.2. The summed E-state index contributed by atoms with van der Waals surface area (Å²) in [6, 6.07) is 1.92. The summed E-state index contributed by atoms with van der Waals surface area (Å²) in [6.07, 6.45) is 8.66. The zero-order valence-corrected chi connectivity index (χ0v) is 13.7. The Hall–Kier alpha value is -2.67. The van der Waals surface area contributed by atoms with Gasteiger partial charge in [0, 0.05) is 36.7 Å². The molecule has 3 heterocycles. The van der Waals surface area contributed by atoms with Crippen molar-refractivity contribution in [2.45, 2.75) is 20.0 Å². The minimum atomic E-state index is 0.564. The van der Waals surface area contributed by atoms with Gasteiger partial charge in [0.25, 0.3) is 0 Å². The van der Waals surface area contributed by atoms with Crippen molar-refractivity contribution in [3.05, 3.63) is 59.8 Å². The van der Waals surface area contributed by atoms with Crippen LogP contribution in [0.5, 0.6) is 0 Å². The van der Waals surface area contributed by atoms with E-state index in [0.717, 1.165) is 34.1 Å². The average molecular weight is 326 g/mol. The molecule has 7 heteroatoms. The molecule has 0 fully saturated rings. The van der Waals surface area contributed by atoms with E-state index in [2.05, 4.69) is 28.0 Å². The number of thiazole rings is 1. The number of fused-ring (bicyclic) bond motifs is 1. The Morgan fingerprint density at radius 1 is 1.48 bits per heavy atom. The fraction of sp³-hybridized carbons (Fsp3) is 0.188. The lowest BCUT2D eigenvalue weighted by Crippen LogP contribution is -2.18. The largest absolute Gasteiger partial charge is 0.403 e. The van der Waals surface area contributed by atoms with Gasteiger partial charge in [0.05, 0.1) is 29.5 Å². The summed E-state index contributed by atoms with van der Waals surface area (Å²) in [5, 5.41) is 2.79. The summed E-state index contributed by atoms with van der Waals surface area (Å²) in [6.45, 7) is 7.62. The monoisotopic (exact) mass is 326 g/mol. The van der Waals surface area contributed by atoms with Gasteiger partial charge in [-0.2, -0.15) is 0 Å². The van der Waals surface area contributed by atoms with Gasteiger partial charge >= 0.3 is 0 Å². The summed E-state index contributed by atoms with van der Waals surface area (Å²) in [4.78, 5) is 15.2.